The Bertz CT molecular complexity index is 497. The molecule has 1 aromatic heterocycles. The Morgan fingerprint density at radius 3 is 2.90 bits per heavy atom. The average molecular weight is 293 g/mol. The van der Waals surface area contributed by atoms with Gasteiger partial charge in [-0.1, -0.05) is 0 Å². The number of carbonyl (C=O) groups is 1. The number of carbonyl (C=O) groups excluding carboxylic acids is 1. The van der Waals surface area contributed by atoms with Crippen LogP contribution in [0, 0.1) is 0 Å². The highest BCUT2D eigenvalue weighted by Crippen LogP contribution is 2.31. The normalized spacial score (nSPS) is 19.9. The van der Waals surface area contributed by atoms with Crippen molar-refractivity contribution in [2.75, 3.05) is 13.7 Å². The molecule has 0 unspecified atom stereocenters. The van der Waals surface area contributed by atoms with Crippen LogP contribution in [-0.2, 0) is 14.5 Å². The van der Waals surface area contributed by atoms with Gasteiger partial charge in [0.1, 0.15) is 6.04 Å². The first-order chi connectivity index (χ1) is 9.41. The third kappa shape index (κ3) is 3.14. The number of alkyl halides is 3. The maximum Gasteiger partial charge on any atom is 0.492 e. The zero-order chi connectivity index (χ0) is 14.8. The molecule has 1 aliphatic heterocycles. The van der Waals surface area contributed by atoms with Crippen molar-refractivity contribution < 1.29 is 32.4 Å². The highest BCUT2D eigenvalue weighted by molar-refractivity contribution is 5.75. The molecule has 0 amide bonds. The second kappa shape index (κ2) is 5.59. The van der Waals surface area contributed by atoms with Gasteiger partial charge in [0.2, 0.25) is 5.88 Å². The van der Waals surface area contributed by atoms with Crippen molar-refractivity contribution in [1.29, 1.82) is 0 Å². The number of halogens is 3. The van der Waals surface area contributed by atoms with Gasteiger partial charge in [0.15, 0.2) is 0 Å². The molecule has 2 rings (SSSR count). The number of hydrogen-bond acceptors (Lipinski definition) is 7. The van der Waals surface area contributed by atoms with Gasteiger partial charge in [-0.15, -0.1) is 0 Å². The summed E-state index contributed by atoms with van der Waals surface area (Å²) in [6, 6.07) is -0.774. The summed E-state index contributed by atoms with van der Waals surface area (Å²) >= 11 is 0. The van der Waals surface area contributed by atoms with Crippen molar-refractivity contribution in [3.8, 4) is 5.88 Å². The number of rotatable bonds is 3. The lowest BCUT2D eigenvalue weighted by atomic mass is 10.2. The summed E-state index contributed by atoms with van der Waals surface area (Å²) in [6.45, 7) is 0.0920. The number of methoxy groups -OCH3 is 1. The van der Waals surface area contributed by atoms with Gasteiger partial charge in [-0.3, -0.25) is 9.82 Å². The summed E-state index contributed by atoms with van der Waals surface area (Å²) in [5.41, 5.74) is 0.275. The molecule has 0 aliphatic carbocycles. The lowest BCUT2D eigenvalue weighted by Crippen LogP contribution is -2.34. The van der Waals surface area contributed by atoms with E-state index in [0.29, 0.717) is 11.6 Å². The maximum atomic E-state index is 12.1. The SMILES string of the molecule is COc1cncc([C@@H]2CCON2OC(=O)C(F)(F)F)n1. The van der Waals surface area contributed by atoms with Crippen LogP contribution in [0.15, 0.2) is 12.4 Å². The first kappa shape index (κ1) is 14.5. The zero-order valence-corrected chi connectivity index (χ0v) is 10.3. The molecule has 0 saturated carbocycles. The fourth-order valence-electron chi connectivity index (χ4n) is 1.55. The van der Waals surface area contributed by atoms with Gasteiger partial charge in [0, 0.05) is 0 Å². The standard InChI is InChI=1S/C10H10F3N3O4/c1-18-8-5-14-4-6(15-8)7-2-3-19-16(7)20-9(17)10(11,12)13/h4-5,7H,2-3H2,1H3/t7-/m0/s1. The van der Waals surface area contributed by atoms with E-state index in [-0.39, 0.29) is 18.2 Å². The van der Waals surface area contributed by atoms with Crippen molar-refractivity contribution in [3.63, 3.8) is 0 Å². The minimum Gasteiger partial charge on any atom is -0.480 e. The van der Waals surface area contributed by atoms with E-state index in [0.717, 1.165) is 0 Å². The molecular formula is C10H10F3N3O4. The fourth-order valence-corrected chi connectivity index (χ4v) is 1.55. The van der Waals surface area contributed by atoms with Crippen LogP contribution in [0.3, 0.4) is 0 Å². The molecule has 1 atom stereocenters. The van der Waals surface area contributed by atoms with E-state index in [1.54, 1.807) is 0 Å². The monoisotopic (exact) mass is 293 g/mol. The largest absolute Gasteiger partial charge is 0.492 e. The van der Waals surface area contributed by atoms with Crippen LogP contribution in [0.2, 0.25) is 0 Å². The third-order valence-electron chi connectivity index (χ3n) is 2.45. The highest BCUT2D eigenvalue weighted by Gasteiger charge is 2.45. The minimum atomic E-state index is -5.10. The van der Waals surface area contributed by atoms with Gasteiger partial charge >= 0.3 is 12.1 Å². The summed E-state index contributed by atoms with van der Waals surface area (Å²) in [7, 11) is 1.38. The topological polar surface area (TPSA) is 73.8 Å². The van der Waals surface area contributed by atoms with E-state index in [2.05, 4.69) is 14.8 Å². The summed E-state index contributed by atoms with van der Waals surface area (Å²) in [4.78, 5) is 27.6. The second-order valence-electron chi connectivity index (χ2n) is 3.79. The Kier molecular flexibility index (Phi) is 4.04. The van der Waals surface area contributed by atoms with Crippen LogP contribution in [0.1, 0.15) is 18.2 Å². The molecule has 110 valence electrons. The molecule has 1 saturated heterocycles. The van der Waals surface area contributed by atoms with Gasteiger partial charge < -0.3 is 9.57 Å². The van der Waals surface area contributed by atoms with Gasteiger partial charge in [-0.25, -0.2) is 9.78 Å². The molecule has 0 spiro atoms. The lowest BCUT2D eigenvalue weighted by molar-refractivity contribution is -0.350. The molecule has 10 heteroatoms. The predicted octanol–water partition coefficient (Wildman–Crippen LogP) is 1.18. The van der Waals surface area contributed by atoms with Gasteiger partial charge in [-0.05, 0) is 11.6 Å². The Morgan fingerprint density at radius 2 is 2.25 bits per heavy atom. The van der Waals surface area contributed by atoms with Crippen LogP contribution < -0.4 is 4.74 Å². The van der Waals surface area contributed by atoms with Gasteiger partial charge in [0.25, 0.3) is 0 Å². The number of nitrogens with zero attached hydrogens (tertiary/aromatic N) is 3. The van der Waals surface area contributed by atoms with E-state index >= 15 is 0 Å². The van der Waals surface area contributed by atoms with Crippen molar-refractivity contribution in [2.45, 2.75) is 18.6 Å². The van der Waals surface area contributed by atoms with Crippen LogP contribution in [-0.4, -0.2) is 41.1 Å². The van der Waals surface area contributed by atoms with Crippen molar-refractivity contribution in [2.24, 2.45) is 0 Å². The molecule has 2 heterocycles. The van der Waals surface area contributed by atoms with E-state index < -0.39 is 18.2 Å². The molecule has 7 nitrogen and oxygen atoms in total. The van der Waals surface area contributed by atoms with E-state index in [9.17, 15) is 18.0 Å². The zero-order valence-electron chi connectivity index (χ0n) is 10.3. The fraction of sp³-hybridized carbons (Fsp3) is 0.500. The molecule has 1 fully saturated rings. The van der Waals surface area contributed by atoms with Gasteiger partial charge in [0.05, 0.1) is 31.8 Å². The molecule has 0 radical (unpaired) electrons. The van der Waals surface area contributed by atoms with Crippen LogP contribution in [0.5, 0.6) is 5.88 Å². The summed E-state index contributed by atoms with van der Waals surface area (Å²) < 4.78 is 41.3. The molecule has 20 heavy (non-hydrogen) atoms. The van der Waals surface area contributed by atoms with Gasteiger partial charge in [-0.2, -0.15) is 13.2 Å². The number of aromatic nitrogens is 2. The van der Waals surface area contributed by atoms with Crippen molar-refractivity contribution in [3.05, 3.63) is 18.1 Å². The van der Waals surface area contributed by atoms with Crippen molar-refractivity contribution >= 4 is 5.97 Å². The van der Waals surface area contributed by atoms with Crippen molar-refractivity contribution in [1.82, 2.24) is 15.2 Å². The molecule has 0 N–H and O–H groups in total. The molecule has 1 aliphatic rings. The van der Waals surface area contributed by atoms with E-state index in [4.69, 9.17) is 9.57 Å². The lowest BCUT2D eigenvalue weighted by Gasteiger charge is -2.20. The number of hydrogen-bond donors (Lipinski definition) is 0. The summed E-state index contributed by atoms with van der Waals surface area (Å²) in [5.74, 6) is -2.17. The van der Waals surface area contributed by atoms with E-state index in [1.165, 1.54) is 19.5 Å². The highest BCUT2D eigenvalue weighted by atomic mass is 19.4. The smallest absolute Gasteiger partial charge is 0.480 e. The predicted molar refractivity (Wildman–Crippen MR) is 55.9 cm³/mol. The Hall–Kier alpha value is -1.94. The Labute approximate surface area is 111 Å². The average Bonchev–Trinajstić information content (AvgIpc) is 2.86. The molecular weight excluding hydrogens is 283 g/mol. The molecule has 0 bridgehead atoms. The first-order valence-electron chi connectivity index (χ1n) is 5.49. The Balaban J connectivity index is 2.12. The first-order valence-corrected chi connectivity index (χ1v) is 5.49. The number of ether oxygens (including phenoxy) is 1. The quantitative estimate of drug-likeness (QED) is 0.828. The van der Waals surface area contributed by atoms with Crippen LogP contribution >= 0.6 is 0 Å². The summed E-state index contributed by atoms with van der Waals surface area (Å²) in [5, 5.41) is 0.485. The van der Waals surface area contributed by atoms with Crippen LogP contribution in [0.4, 0.5) is 13.2 Å². The second-order valence-corrected chi connectivity index (χ2v) is 3.79. The Morgan fingerprint density at radius 1 is 1.50 bits per heavy atom. The van der Waals surface area contributed by atoms with E-state index in [1.807, 2.05) is 0 Å². The molecule has 0 aromatic carbocycles. The molecule has 1 aromatic rings. The minimum absolute atomic E-state index is 0.0920. The summed E-state index contributed by atoms with van der Waals surface area (Å²) in [6.07, 6.45) is -2.13. The maximum absolute atomic E-state index is 12.1. The number of hydroxylamine groups is 2. The van der Waals surface area contributed by atoms with Crippen LogP contribution in [0.25, 0.3) is 0 Å². The third-order valence-corrected chi connectivity index (χ3v) is 2.45.